The summed E-state index contributed by atoms with van der Waals surface area (Å²) >= 11 is 1.77. The zero-order valence-corrected chi connectivity index (χ0v) is 12.2. The Morgan fingerprint density at radius 3 is 2.89 bits per heavy atom. The van der Waals surface area contributed by atoms with Gasteiger partial charge in [0.05, 0.1) is 0 Å². The van der Waals surface area contributed by atoms with Crippen molar-refractivity contribution < 1.29 is 4.79 Å². The number of hydrogen-bond acceptors (Lipinski definition) is 3. The van der Waals surface area contributed by atoms with Crippen molar-refractivity contribution in [2.45, 2.75) is 32.9 Å². The van der Waals surface area contributed by atoms with Crippen LogP contribution in [0.15, 0.2) is 29.6 Å². The Kier molecular flexibility index (Phi) is 4.93. The zero-order chi connectivity index (χ0) is 13.7. The van der Waals surface area contributed by atoms with E-state index < -0.39 is 0 Å². The fraction of sp³-hybridized carbons (Fsp3) is 0.400. The van der Waals surface area contributed by atoms with Crippen molar-refractivity contribution in [1.29, 1.82) is 0 Å². The van der Waals surface area contributed by atoms with Crippen molar-refractivity contribution in [3.05, 3.63) is 35.2 Å². The van der Waals surface area contributed by atoms with Gasteiger partial charge in [0.2, 0.25) is 5.91 Å². The maximum Gasteiger partial charge on any atom is 0.221 e. The van der Waals surface area contributed by atoms with Crippen LogP contribution in [0.25, 0.3) is 10.1 Å². The molecule has 0 fully saturated rings. The van der Waals surface area contributed by atoms with E-state index in [1.54, 1.807) is 11.3 Å². The van der Waals surface area contributed by atoms with E-state index in [1.807, 2.05) is 13.8 Å². The molecule has 1 heterocycles. The highest BCUT2D eigenvalue weighted by molar-refractivity contribution is 7.17. The minimum absolute atomic E-state index is 0.109. The van der Waals surface area contributed by atoms with Gasteiger partial charge in [-0.1, -0.05) is 18.2 Å². The summed E-state index contributed by atoms with van der Waals surface area (Å²) in [6.07, 6.45) is 0.528. The molecule has 0 aliphatic carbocycles. The number of hydrogen-bond donors (Lipinski definition) is 2. The molecule has 1 aromatic carbocycles. The third-order valence-electron chi connectivity index (χ3n) is 2.86. The normalized spacial score (nSPS) is 11.1. The van der Waals surface area contributed by atoms with Crippen LogP contribution in [-0.4, -0.2) is 18.5 Å². The summed E-state index contributed by atoms with van der Waals surface area (Å²) in [5.74, 6) is 0.109. The fourth-order valence-electron chi connectivity index (χ4n) is 1.99. The molecule has 0 spiro atoms. The van der Waals surface area contributed by atoms with Crippen LogP contribution in [0.2, 0.25) is 0 Å². The molecule has 0 unspecified atom stereocenters. The second-order valence-electron chi connectivity index (χ2n) is 4.91. The second kappa shape index (κ2) is 6.68. The molecule has 1 aromatic heterocycles. The number of benzene rings is 1. The van der Waals surface area contributed by atoms with E-state index >= 15 is 0 Å². The predicted octanol–water partition coefficient (Wildman–Crippen LogP) is 2.91. The van der Waals surface area contributed by atoms with E-state index in [9.17, 15) is 4.79 Å². The lowest BCUT2D eigenvalue weighted by Gasteiger charge is -2.08. The largest absolute Gasteiger partial charge is 0.354 e. The molecule has 2 N–H and O–H groups in total. The Bertz CT molecular complexity index is 548. The SMILES string of the molecule is CC(C)NC(=O)CCNCc1csc2ccccc12. The van der Waals surface area contributed by atoms with Gasteiger partial charge in [-0.3, -0.25) is 4.79 Å². The first-order chi connectivity index (χ1) is 9.16. The van der Waals surface area contributed by atoms with Gasteiger partial charge in [-0.2, -0.15) is 0 Å². The Morgan fingerprint density at radius 1 is 1.32 bits per heavy atom. The fourth-order valence-corrected chi connectivity index (χ4v) is 2.95. The van der Waals surface area contributed by atoms with Crippen LogP contribution in [-0.2, 0) is 11.3 Å². The molecule has 0 saturated carbocycles. The molecule has 2 aromatic rings. The van der Waals surface area contributed by atoms with E-state index in [0.717, 1.165) is 6.54 Å². The maximum absolute atomic E-state index is 11.5. The van der Waals surface area contributed by atoms with Gasteiger partial charge in [0.25, 0.3) is 0 Å². The average molecular weight is 276 g/mol. The summed E-state index contributed by atoms with van der Waals surface area (Å²) < 4.78 is 1.32. The van der Waals surface area contributed by atoms with E-state index in [2.05, 4.69) is 40.3 Å². The smallest absolute Gasteiger partial charge is 0.221 e. The number of carbonyl (C=O) groups is 1. The second-order valence-corrected chi connectivity index (χ2v) is 5.82. The minimum atomic E-state index is 0.109. The molecule has 0 saturated heterocycles. The molecule has 0 bridgehead atoms. The van der Waals surface area contributed by atoms with Crippen LogP contribution in [0.1, 0.15) is 25.8 Å². The lowest BCUT2D eigenvalue weighted by atomic mass is 10.2. The summed E-state index contributed by atoms with van der Waals surface area (Å²) in [5, 5.41) is 9.72. The van der Waals surface area contributed by atoms with Crippen LogP contribution >= 0.6 is 11.3 Å². The van der Waals surface area contributed by atoms with Crippen molar-refractivity contribution in [2.75, 3.05) is 6.54 Å². The van der Waals surface area contributed by atoms with Crippen LogP contribution in [0.3, 0.4) is 0 Å². The molecule has 0 radical (unpaired) electrons. The number of thiophene rings is 1. The zero-order valence-electron chi connectivity index (χ0n) is 11.4. The molecule has 102 valence electrons. The number of rotatable bonds is 6. The van der Waals surface area contributed by atoms with Gasteiger partial charge in [0, 0.05) is 30.3 Å². The number of nitrogens with one attached hydrogen (secondary N) is 2. The topological polar surface area (TPSA) is 41.1 Å². The predicted molar refractivity (Wildman–Crippen MR) is 81.4 cm³/mol. The Morgan fingerprint density at radius 2 is 2.11 bits per heavy atom. The third kappa shape index (κ3) is 4.04. The summed E-state index contributed by atoms with van der Waals surface area (Å²) in [5.41, 5.74) is 1.31. The van der Waals surface area contributed by atoms with Crippen molar-refractivity contribution in [1.82, 2.24) is 10.6 Å². The molecule has 2 rings (SSSR count). The van der Waals surface area contributed by atoms with E-state index in [1.165, 1.54) is 15.6 Å². The molecule has 1 amide bonds. The number of carbonyl (C=O) groups excluding carboxylic acids is 1. The molecular formula is C15H20N2OS. The average Bonchev–Trinajstić information content (AvgIpc) is 2.77. The van der Waals surface area contributed by atoms with Gasteiger partial charge in [-0.15, -0.1) is 11.3 Å². The molecule has 0 aliphatic heterocycles. The van der Waals surface area contributed by atoms with Gasteiger partial charge in [-0.05, 0) is 36.2 Å². The molecule has 0 atom stereocenters. The van der Waals surface area contributed by atoms with Crippen LogP contribution in [0.5, 0.6) is 0 Å². The van der Waals surface area contributed by atoms with E-state index in [-0.39, 0.29) is 11.9 Å². The van der Waals surface area contributed by atoms with Crippen molar-refractivity contribution in [3.8, 4) is 0 Å². The van der Waals surface area contributed by atoms with Gasteiger partial charge in [-0.25, -0.2) is 0 Å². The summed E-state index contributed by atoms with van der Waals surface area (Å²) in [4.78, 5) is 11.5. The highest BCUT2D eigenvalue weighted by Crippen LogP contribution is 2.25. The Balaban J connectivity index is 1.78. The molecule has 3 nitrogen and oxygen atoms in total. The highest BCUT2D eigenvalue weighted by Gasteiger charge is 2.04. The standard InChI is InChI=1S/C15H20N2OS/c1-11(2)17-15(18)7-8-16-9-12-10-19-14-6-4-3-5-13(12)14/h3-6,10-11,16H,7-9H2,1-2H3,(H,17,18). The van der Waals surface area contributed by atoms with Crippen LogP contribution in [0, 0.1) is 0 Å². The van der Waals surface area contributed by atoms with Crippen molar-refractivity contribution >= 4 is 27.3 Å². The summed E-state index contributed by atoms with van der Waals surface area (Å²) in [6.45, 7) is 5.48. The van der Waals surface area contributed by atoms with E-state index in [4.69, 9.17) is 0 Å². The first-order valence-corrected chi connectivity index (χ1v) is 7.50. The van der Waals surface area contributed by atoms with Gasteiger partial charge in [0.1, 0.15) is 0 Å². The number of fused-ring (bicyclic) bond motifs is 1. The maximum atomic E-state index is 11.5. The van der Waals surface area contributed by atoms with Crippen LogP contribution in [0.4, 0.5) is 0 Å². The highest BCUT2D eigenvalue weighted by atomic mass is 32.1. The molecular weight excluding hydrogens is 256 g/mol. The monoisotopic (exact) mass is 276 g/mol. The summed E-state index contributed by atoms with van der Waals surface area (Å²) in [7, 11) is 0. The quantitative estimate of drug-likeness (QED) is 0.797. The van der Waals surface area contributed by atoms with Crippen LogP contribution < -0.4 is 10.6 Å². The van der Waals surface area contributed by atoms with E-state index in [0.29, 0.717) is 13.0 Å². The molecule has 0 aliphatic rings. The number of amides is 1. The first-order valence-electron chi connectivity index (χ1n) is 6.62. The Hall–Kier alpha value is -1.39. The Labute approximate surface area is 118 Å². The van der Waals surface area contributed by atoms with Gasteiger partial charge >= 0.3 is 0 Å². The van der Waals surface area contributed by atoms with Crippen molar-refractivity contribution in [2.24, 2.45) is 0 Å². The summed E-state index contributed by atoms with van der Waals surface area (Å²) in [6, 6.07) is 8.63. The molecule has 19 heavy (non-hydrogen) atoms. The molecule has 4 heteroatoms. The third-order valence-corrected chi connectivity index (χ3v) is 3.87. The van der Waals surface area contributed by atoms with Gasteiger partial charge in [0.15, 0.2) is 0 Å². The van der Waals surface area contributed by atoms with Crippen molar-refractivity contribution in [3.63, 3.8) is 0 Å². The first kappa shape index (κ1) is 14.0. The lowest BCUT2D eigenvalue weighted by molar-refractivity contribution is -0.121. The minimum Gasteiger partial charge on any atom is -0.354 e. The van der Waals surface area contributed by atoms with Gasteiger partial charge < -0.3 is 10.6 Å². The lowest BCUT2D eigenvalue weighted by Crippen LogP contribution is -2.32.